The van der Waals surface area contributed by atoms with Gasteiger partial charge in [-0.05, 0) is 25.0 Å². The Morgan fingerprint density at radius 1 is 1.30 bits per heavy atom. The number of hydrogen-bond donors (Lipinski definition) is 0. The van der Waals surface area contributed by atoms with Crippen molar-refractivity contribution in [2.45, 2.75) is 38.4 Å². The molecule has 30 heavy (non-hydrogen) atoms. The lowest BCUT2D eigenvalue weighted by Gasteiger charge is -2.15. The van der Waals surface area contributed by atoms with E-state index in [2.05, 4.69) is 11.1 Å². The molecule has 0 amide bonds. The summed E-state index contributed by atoms with van der Waals surface area (Å²) in [5, 5.41) is 9.60. The predicted octanol–water partition coefficient (Wildman–Crippen LogP) is 4.16. The number of carbonyl (C=O) groups excluding carboxylic acids is 1. The second-order valence-electron chi connectivity index (χ2n) is 7.18. The van der Waals surface area contributed by atoms with Crippen molar-refractivity contribution in [3.05, 3.63) is 45.7 Å². The molecular weight excluding hydrogens is 423 g/mol. The highest BCUT2D eigenvalue weighted by Crippen LogP contribution is 2.48. The van der Waals surface area contributed by atoms with E-state index in [0.717, 1.165) is 4.57 Å². The van der Waals surface area contributed by atoms with E-state index in [-0.39, 0.29) is 18.1 Å². The van der Waals surface area contributed by atoms with Crippen molar-refractivity contribution in [2.75, 3.05) is 6.61 Å². The summed E-state index contributed by atoms with van der Waals surface area (Å²) in [6.07, 6.45) is -4.50. The van der Waals surface area contributed by atoms with E-state index in [0.29, 0.717) is 23.4 Å². The van der Waals surface area contributed by atoms with Crippen LogP contribution in [0.25, 0.3) is 11.3 Å². The van der Waals surface area contributed by atoms with Gasteiger partial charge in [-0.2, -0.15) is 23.4 Å². The quantitative estimate of drug-likeness (QED) is 0.616. The van der Waals surface area contributed by atoms with Gasteiger partial charge in [-0.1, -0.05) is 23.7 Å². The van der Waals surface area contributed by atoms with Gasteiger partial charge >= 0.3 is 6.18 Å². The van der Waals surface area contributed by atoms with Gasteiger partial charge in [-0.3, -0.25) is 14.2 Å². The van der Waals surface area contributed by atoms with Crippen LogP contribution in [0.4, 0.5) is 13.2 Å². The van der Waals surface area contributed by atoms with Crippen LogP contribution >= 0.6 is 11.6 Å². The Morgan fingerprint density at radius 3 is 2.53 bits per heavy atom. The van der Waals surface area contributed by atoms with Crippen molar-refractivity contribution in [1.29, 1.82) is 5.26 Å². The molecule has 1 heterocycles. The number of nitrogens with zero attached hydrogens (tertiary/aromatic N) is 3. The third-order valence-corrected chi connectivity index (χ3v) is 4.94. The van der Waals surface area contributed by atoms with Crippen molar-refractivity contribution in [3.63, 3.8) is 0 Å². The highest BCUT2D eigenvalue weighted by atomic mass is 35.5. The Bertz CT molecular complexity index is 1040. The molecule has 158 valence electrons. The van der Waals surface area contributed by atoms with Crippen LogP contribution < -0.4 is 10.3 Å². The Balaban J connectivity index is 1.89. The maximum absolute atomic E-state index is 12.6. The van der Waals surface area contributed by atoms with E-state index < -0.39 is 42.5 Å². The Morgan fingerprint density at radius 2 is 1.97 bits per heavy atom. The second-order valence-corrected chi connectivity index (χ2v) is 7.61. The summed E-state index contributed by atoms with van der Waals surface area (Å²) in [5.74, 6) is -0.391. The summed E-state index contributed by atoms with van der Waals surface area (Å²) in [6.45, 7) is -1.19. The second kappa shape index (κ2) is 8.48. The topological polar surface area (TPSA) is 85.0 Å². The lowest BCUT2D eigenvalue weighted by atomic mass is 10.0. The van der Waals surface area contributed by atoms with Crippen LogP contribution in [0.1, 0.15) is 25.7 Å². The van der Waals surface area contributed by atoms with Gasteiger partial charge in [0.1, 0.15) is 6.61 Å². The Labute approximate surface area is 174 Å². The average Bonchev–Trinajstić information content (AvgIpc) is 3.43. The van der Waals surface area contributed by atoms with Crippen LogP contribution in [0.2, 0.25) is 5.02 Å². The Hall–Kier alpha value is -2.86. The van der Waals surface area contributed by atoms with Crippen molar-refractivity contribution in [2.24, 2.45) is 5.41 Å². The third kappa shape index (κ3) is 5.60. The summed E-state index contributed by atoms with van der Waals surface area (Å²) in [5.41, 5.74) is -0.656. The predicted molar refractivity (Wildman–Crippen MR) is 102 cm³/mol. The van der Waals surface area contributed by atoms with Crippen LogP contribution in [-0.4, -0.2) is 28.1 Å². The van der Waals surface area contributed by atoms with Crippen LogP contribution in [0, 0.1) is 16.7 Å². The maximum Gasteiger partial charge on any atom is 0.392 e. The fraction of sp³-hybridized carbons (Fsp3) is 0.400. The first kappa shape index (κ1) is 21.8. The molecule has 1 aromatic heterocycles. The molecular formula is C20H17ClF3N3O3. The van der Waals surface area contributed by atoms with Gasteiger partial charge < -0.3 is 4.74 Å². The van der Waals surface area contributed by atoms with E-state index in [1.54, 1.807) is 24.3 Å². The minimum Gasteiger partial charge on any atom is -0.464 e. The number of carbonyl (C=O) groups is 1. The summed E-state index contributed by atoms with van der Waals surface area (Å²) in [7, 11) is 0. The summed E-state index contributed by atoms with van der Waals surface area (Å²) < 4.78 is 43.5. The number of halogens is 4. The molecule has 1 aromatic carbocycles. The van der Waals surface area contributed by atoms with Crippen molar-refractivity contribution >= 4 is 17.4 Å². The van der Waals surface area contributed by atoms with E-state index in [1.165, 1.54) is 6.07 Å². The molecule has 3 rings (SSSR count). The molecule has 0 saturated heterocycles. The number of benzene rings is 1. The molecule has 2 aromatic rings. The third-order valence-electron chi connectivity index (χ3n) is 4.69. The molecule has 0 aliphatic heterocycles. The van der Waals surface area contributed by atoms with E-state index in [1.807, 2.05) is 0 Å². The van der Waals surface area contributed by atoms with E-state index in [4.69, 9.17) is 21.6 Å². The number of alkyl halides is 3. The molecule has 0 N–H and O–H groups in total. The van der Waals surface area contributed by atoms with Gasteiger partial charge in [-0.15, -0.1) is 0 Å². The number of ketones is 1. The summed E-state index contributed by atoms with van der Waals surface area (Å²) >= 11 is 5.85. The molecule has 0 unspecified atom stereocenters. The zero-order valence-corrected chi connectivity index (χ0v) is 16.5. The normalized spacial score (nSPS) is 14.8. The van der Waals surface area contributed by atoms with Crippen molar-refractivity contribution in [1.82, 2.24) is 9.55 Å². The SMILES string of the molecule is N#CC1(CC(=O)Cn2c(OCCC(F)(F)F)nc(-c3ccc(Cl)cc3)cc2=O)CC1. The zero-order chi connectivity index (χ0) is 21.9. The molecule has 1 aliphatic carbocycles. The van der Waals surface area contributed by atoms with Crippen LogP contribution in [0.15, 0.2) is 35.1 Å². The fourth-order valence-electron chi connectivity index (χ4n) is 2.86. The number of aromatic nitrogens is 2. The van der Waals surface area contributed by atoms with Gasteiger partial charge in [-0.25, -0.2) is 0 Å². The lowest BCUT2D eigenvalue weighted by Crippen LogP contribution is -2.28. The first-order chi connectivity index (χ1) is 14.1. The molecule has 0 spiro atoms. The molecule has 0 atom stereocenters. The summed E-state index contributed by atoms with van der Waals surface area (Å²) in [4.78, 5) is 29.1. The minimum absolute atomic E-state index is 0.0309. The van der Waals surface area contributed by atoms with Gasteiger partial charge in [0.05, 0.1) is 30.1 Å². The fourth-order valence-corrected chi connectivity index (χ4v) is 2.98. The average molecular weight is 440 g/mol. The van der Waals surface area contributed by atoms with Gasteiger partial charge in [0.25, 0.3) is 11.6 Å². The van der Waals surface area contributed by atoms with Crippen molar-refractivity contribution < 1.29 is 22.7 Å². The maximum atomic E-state index is 12.6. The first-order valence-corrected chi connectivity index (χ1v) is 9.49. The van der Waals surface area contributed by atoms with Crippen LogP contribution in [0.3, 0.4) is 0 Å². The smallest absolute Gasteiger partial charge is 0.392 e. The molecule has 0 bridgehead atoms. The number of nitriles is 1. The first-order valence-electron chi connectivity index (χ1n) is 9.11. The number of hydrogen-bond acceptors (Lipinski definition) is 5. The number of rotatable bonds is 8. The monoisotopic (exact) mass is 439 g/mol. The molecule has 1 fully saturated rings. The number of ether oxygens (including phenoxy) is 1. The number of Topliss-reactive ketones (excluding diaryl/α,β-unsaturated/α-hetero) is 1. The highest BCUT2D eigenvalue weighted by Gasteiger charge is 2.44. The minimum atomic E-state index is -4.44. The van der Waals surface area contributed by atoms with Gasteiger partial charge in [0.15, 0.2) is 5.78 Å². The summed E-state index contributed by atoms with van der Waals surface area (Å²) in [6, 6.07) is 9.24. The molecule has 0 radical (unpaired) electrons. The standard InChI is InChI=1S/C20H17ClF3N3O3/c21-14-3-1-13(2-4-14)16-9-17(29)27(11-15(28)10-19(12-25)5-6-19)18(26-16)30-8-7-20(22,23)24/h1-4,9H,5-8,10-11H2. The molecule has 1 saturated carbocycles. The highest BCUT2D eigenvalue weighted by molar-refractivity contribution is 6.30. The van der Waals surface area contributed by atoms with Crippen LogP contribution in [-0.2, 0) is 11.3 Å². The van der Waals surface area contributed by atoms with Gasteiger partial charge in [0, 0.05) is 23.1 Å². The van der Waals surface area contributed by atoms with Crippen LogP contribution in [0.5, 0.6) is 6.01 Å². The van der Waals surface area contributed by atoms with Gasteiger partial charge in [0.2, 0.25) is 0 Å². The molecule has 6 nitrogen and oxygen atoms in total. The largest absolute Gasteiger partial charge is 0.464 e. The zero-order valence-electron chi connectivity index (χ0n) is 15.7. The Kier molecular flexibility index (Phi) is 6.17. The molecule has 1 aliphatic rings. The molecule has 10 heteroatoms. The van der Waals surface area contributed by atoms with E-state index >= 15 is 0 Å². The lowest BCUT2D eigenvalue weighted by molar-refractivity contribution is -0.140. The van der Waals surface area contributed by atoms with E-state index in [9.17, 15) is 22.8 Å². The van der Waals surface area contributed by atoms with Crippen molar-refractivity contribution in [3.8, 4) is 23.3 Å².